The molecule has 0 saturated carbocycles. The van der Waals surface area contributed by atoms with Crippen LogP contribution < -0.4 is 5.56 Å². The number of hydrogen-bond acceptors (Lipinski definition) is 6. The van der Waals surface area contributed by atoms with Crippen molar-refractivity contribution in [2.75, 3.05) is 0 Å². The van der Waals surface area contributed by atoms with E-state index >= 15 is 0 Å². The largest absolute Gasteiger partial charge is 0.442 e. The number of carbonyl (C=O) groups excluding carboxylic acids is 1. The molecule has 7 nitrogen and oxygen atoms in total. The molecular formula is C23H22N4O3S. The average Bonchev–Trinajstić information content (AvgIpc) is 3.29. The van der Waals surface area contributed by atoms with Crippen molar-refractivity contribution in [3.05, 3.63) is 70.0 Å². The number of carbonyl (C=O) groups is 1. The summed E-state index contributed by atoms with van der Waals surface area (Å²) in [6, 6.07) is 11.6. The fourth-order valence-electron chi connectivity index (χ4n) is 3.01. The van der Waals surface area contributed by atoms with Gasteiger partial charge in [-0.1, -0.05) is 36.4 Å². The Bertz CT molecular complexity index is 1340. The summed E-state index contributed by atoms with van der Waals surface area (Å²) in [6.45, 7) is 7.22. The molecule has 8 heteroatoms. The molecule has 0 aliphatic heterocycles. The number of rotatable bonds is 3. The molecule has 0 aliphatic carbocycles. The SMILES string of the molecule is Cc1nn(C(=O)OC(C)(C)C)cc1-c1cc2nc(C=Cc3ccccc3)[nH]c(=O)c2s1. The van der Waals surface area contributed by atoms with Gasteiger partial charge >= 0.3 is 6.09 Å². The Kier molecular flexibility index (Phi) is 5.32. The van der Waals surface area contributed by atoms with Gasteiger partial charge in [0, 0.05) is 16.6 Å². The summed E-state index contributed by atoms with van der Waals surface area (Å²) in [5, 5.41) is 4.28. The standard InChI is InChI=1S/C23H22N4O3S/c1-14-16(13-27(26-14)22(29)30-23(2,3)4)18-12-17-20(31-18)21(28)25-19(24-17)11-10-15-8-6-5-7-9-15/h5-13H,1-4H3,(H,24,25,28). The van der Waals surface area contributed by atoms with Crippen LogP contribution in [0.4, 0.5) is 4.79 Å². The number of H-pyrrole nitrogens is 1. The van der Waals surface area contributed by atoms with E-state index in [-0.39, 0.29) is 5.56 Å². The third-order valence-electron chi connectivity index (χ3n) is 4.38. The lowest BCUT2D eigenvalue weighted by Gasteiger charge is -2.18. The molecule has 4 aromatic rings. The summed E-state index contributed by atoms with van der Waals surface area (Å²) in [6.07, 6.45) is 4.75. The molecule has 3 heterocycles. The van der Waals surface area contributed by atoms with Crippen LogP contribution in [0.1, 0.15) is 37.9 Å². The van der Waals surface area contributed by atoms with E-state index in [9.17, 15) is 9.59 Å². The number of nitrogens with one attached hydrogen (secondary N) is 1. The van der Waals surface area contributed by atoms with E-state index in [2.05, 4.69) is 15.1 Å². The molecule has 0 bridgehead atoms. The van der Waals surface area contributed by atoms with Crippen LogP contribution in [-0.4, -0.2) is 31.4 Å². The van der Waals surface area contributed by atoms with Crippen LogP contribution in [0, 0.1) is 6.92 Å². The first-order valence-corrected chi connectivity index (χ1v) is 10.6. The highest BCUT2D eigenvalue weighted by Crippen LogP contribution is 2.32. The second kappa shape index (κ2) is 7.96. The van der Waals surface area contributed by atoms with E-state index in [4.69, 9.17) is 4.74 Å². The quantitative estimate of drug-likeness (QED) is 0.484. The highest BCUT2D eigenvalue weighted by atomic mass is 32.1. The van der Waals surface area contributed by atoms with Crippen molar-refractivity contribution in [3.8, 4) is 10.4 Å². The summed E-state index contributed by atoms with van der Waals surface area (Å²) >= 11 is 1.32. The van der Waals surface area contributed by atoms with Gasteiger partial charge in [0.25, 0.3) is 5.56 Å². The Morgan fingerprint density at radius 2 is 1.94 bits per heavy atom. The van der Waals surface area contributed by atoms with E-state index < -0.39 is 11.7 Å². The summed E-state index contributed by atoms with van der Waals surface area (Å²) in [5.41, 5.74) is 2.22. The third kappa shape index (κ3) is 4.64. The van der Waals surface area contributed by atoms with Crippen LogP contribution >= 0.6 is 11.3 Å². The topological polar surface area (TPSA) is 89.9 Å². The number of nitrogens with zero attached hydrogens (tertiary/aromatic N) is 3. The first-order chi connectivity index (χ1) is 14.7. The lowest BCUT2D eigenvalue weighted by atomic mass is 10.2. The minimum Gasteiger partial charge on any atom is -0.442 e. The van der Waals surface area contributed by atoms with Crippen LogP contribution in [0.2, 0.25) is 0 Å². The lowest BCUT2D eigenvalue weighted by molar-refractivity contribution is 0.0514. The molecule has 0 radical (unpaired) electrons. The summed E-state index contributed by atoms with van der Waals surface area (Å²) < 4.78 is 7.09. The van der Waals surface area contributed by atoms with E-state index in [0.717, 1.165) is 16.0 Å². The van der Waals surface area contributed by atoms with Crippen LogP contribution in [0.3, 0.4) is 0 Å². The van der Waals surface area contributed by atoms with Crippen LogP contribution in [0.15, 0.2) is 47.4 Å². The molecule has 0 atom stereocenters. The van der Waals surface area contributed by atoms with Crippen LogP contribution in [-0.2, 0) is 4.74 Å². The Labute approximate surface area is 183 Å². The lowest BCUT2D eigenvalue weighted by Crippen LogP contribution is -2.27. The summed E-state index contributed by atoms with van der Waals surface area (Å²) in [4.78, 5) is 33.1. The van der Waals surface area contributed by atoms with Gasteiger partial charge in [0.15, 0.2) is 0 Å². The van der Waals surface area contributed by atoms with E-state index in [1.807, 2.05) is 49.4 Å². The van der Waals surface area contributed by atoms with Gasteiger partial charge in [-0.2, -0.15) is 9.78 Å². The fourth-order valence-corrected chi connectivity index (χ4v) is 4.07. The number of fused-ring (bicyclic) bond motifs is 1. The molecule has 1 N–H and O–H groups in total. The number of aryl methyl sites for hydroxylation is 1. The molecule has 1 aromatic carbocycles. The maximum Gasteiger partial charge on any atom is 0.435 e. The Hall–Kier alpha value is -3.52. The van der Waals surface area contributed by atoms with Crippen molar-refractivity contribution < 1.29 is 9.53 Å². The van der Waals surface area contributed by atoms with Crippen molar-refractivity contribution >= 4 is 39.8 Å². The van der Waals surface area contributed by atoms with Gasteiger partial charge in [0.05, 0.1) is 11.2 Å². The normalized spacial score (nSPS) is 12.0. The minimum absolute atomic E-state index is 0.203. The molecule has 4 rings (SSSR count). The molecule has 0 fully saturated rings. The van der Waals surface area contributed by atoms with Gasteiger partial charge in [-0.15, -0.1) is 11.3 Å². The Balaban J connectivity index is 1.67. The first-order valence-electron chi connectivity index (χ1n) is 9.76. The van der Waals surface area contributed by atoms with Gasteiger partial charge in [-0.3, -0.25) is 4.79 Å². The zero-order valence-electron chi connectivity index (χ0n) is 17.7. The van der Waals surface area contributed by atoms with Gasteiger partial charge in [-0.25, -0.2) is 9.78 Å². The summed E-state index contributed by atoms with van der Waals surface area (Å²) in [5.74, 6) is 0.479. The number of ether oxygens (including phenoxy) is 1. The zero-order chi connectivity index (χ0) is 22.2. The predicted octanol–water partition coefficient (Wildman–Crippen LogP) is 5.11. The predicted molar refractivity (Wildman–Crippen MR) is 123 cm³/mol. The number of hydrogen-bond donors (Lipinski definition) is 1. The van der Waals surface area contributed by atoms with Gasteiger partial charge in [0.2, 0.25) is 0 Å². The second-order valence-corrected chi connectivity index (χ2v) is 9.13. The van der Waals surface area contributed by atoms with Crippen molar-refractivity contribution in [1.29, 1.82) is 0 Å². The number of thiophene rings is 1. The average molecular weight is 435 g/mol. The molecule has 3 aromatic heterocycles. The first kappa shape index (κ1) is 20.7. The van der Waals surface area contributed by atoms with E-state index in [1.165, 1.54) is 16.0 Å². The van der Waals surface area contributed by atoms with Crippen molar-refractivity contribution in [1.82, 2.24) is 19.7 Å². The highest BCUT2D eigenvalue weighted by molar-refractivity contribution is 7.22. The van der Waals surface area contributed by atoms with E-state index in [0.29, 0.717) is 21.7 Å². The van der Waals surface area contributed by atoms with Crippen LogP contribution in [0.25, 0.3) is 32.8 Å². The fraction of sp³-hybridized carbons (Fsp3) is 0.217. The molecule has 0 spiro atoms. The molecule has 0 amide bonds. The van der Waals surface area contributed by atoms with Crippen molar-refractivity contribution in [3.63, 3.8) is 0 Å². The van der Waals surface area contributed by atoms with Crippen molar-refractivity contribution in [2.24, 2.45) is 0 Å². The number of aromatic amines is 1. The maximum absolute atomic E-state index is 12.6. The number of benzene rings is 1. The highest BCUT2D eigenvalue weighted by Gasteiger charge is 2.21. The van der Waals surface area contributed by atoms with E-state index in [1.54, 1.807) is 33.0 Å². The molecule has 158 valence electrons. The molecule has 0 saturated heterocycles. The zero-order valence-corrected chi connectivity index (χ0v) is 18.5. The second-order valence-electron chi connectivity index (χ2n) is 8.07. The molecular weight excluding hydrogens is 412 g/mol. The van der Waals surface area contributed by atoms with Gasteiger partial charge in [0.1, 0.15) is 16.1 Å². The Morgan fingerprint density at radius 3 is 2.65 bits per heavy atom. The Morgan fingerprint density at radius 1 is 1.19 bits per heavy atom. The minimum atomic E-state index is -0.615. The smallest absolute Gasteiger partial charge is 0.435 e. The summed E-state index contributed by atoms with van der Waals surface area (Å²) in [7, 11) is 0. The molecule has 0 aliphatic rings. The third-order valence-corrected chi connectivity index (χ3v) is 5.54. The van der Waals surface area contributed by atoms with Crippen LogP contribution in [0.5, 0.6) is 0 Å². The monoisotopic (exact) mass is 434 g/mol. The van der Waals surface area contributed by atoms with Crippen molar-refractivity contribution in [2.45, 2.75) is 33.3 Å². The number of aromatic nitrogens is 4. The molecule has 0 unspecified atom stereocenters. The van der Waals surface area contributed by atoms with Gasteiger partial charge in [-0.05, 0) is 45.4 Å². The van der Waals surface area contributed by atoms with Gasteiger partial charge < -0.3 is 9.72 Å². The molecule has 31 heavy (non-hydrogen) atoms. The maximum atomic E-state index is 12.6.